The average Bonchev–Trinajstić information content (AvgIpc) is 3.09. The molecule has 0 radical (unpaired) electrons. The van der Waals surface area contributed by atoms with Gasteiger partial charge in [0, 0.05) is 25.7 Å². The van der Waals surface area contributed by atoms with Crippen LogP contribution in [0.3, 0.4) is 0 Å². The van der Waals surface area contributed by atoms with Crippen LogP contribution in [0.2, 0.25) is 0 Å². The van der Waals surface area contributed by atoms with Gasteiger partial charge in [0.2, 0.25) is 0 Å². The molecular weight excluding hydrogens is 252 g/mol. The monoisotopic (exact) mass is 274 g/mol. The number of rotatable bonds is 5. The van der Waals surface area contributed by atoms with Gasteiger partial charge < -0.3 is 9.47 Å². The van der Waals surface area contributed by atoms with Gasteiger partial charge in [-0.2, -0.15) is 0 Å². The SMILES string of the molecule is O=C(CCc1ccccc1)C[C@H]1CC[C@]2(CCCO2)O1. The van der Waals surface area contributed by atoms with Crippen LogP contribution in [0.25, 0.3) is 0 Å². The molecule has 1 spiro atoms. The highest BCUT2D eigenvalue weighted by molar-refractivity contribution is 5.79. The lowest BCUT2D eigenvalue weighted by Crippen LogP contribution is -2.28. The summed E-state index contributed by atoms with van der Waals surface area (Å²) >= 11 is 0. The molecule has 0 aliphatic carbocycles. The summed E-state index contributed by atoms with van der Waals surface area (Å²) in [5.74, 6) is -0.0430. The van der Waals surface area contributed by atoms with Crippen molar-refractivity contribution in [2.45, 2.75) is 56.8 Å². The second kappa shape index (κ2) is 6.06. The lowest BCUT2D eigenvalue weighted by Gasteiger charge is -2.22. The van der Waals surface area contributed by atoms with E-state index in [1.165, 1.54) is 5.56 Å². The molecule has 3 nitrogen and oxygen atoms in total. The Kier molecular flexibility index (Phi) is 4.18. The first-order valence-corrected chi connectivity index (χ1v) is 7.63. The summed E-state index contributed by atoms with van der Waals surface area (Å²) in [6, 6.07) is 10.2. The quantitative estimate of drug-likeness (QED) is 0.826. The van der Waals surface area contributed by atoms with E-state index >= 15 is 0 Å². The van der Waals surface area contributed by atoms with Crippen molar-refractivity contribution in [3.05, 3.63) is 35.9 Å². The fourth-order valence-corrected chi connectivity index (χ4v) is 3.19. The first kappa shape index (κ1) is 13.8. The van der Waals surface area contributed by atoms with Crippen LogP contribution in [0.1, 0.15) is 44.1 Å². The number of Topliss-reactive ketones (excluding diaryl/α,β-unsaturated/α-hetero) is 1. The minimum Gasteiger partial charge on any atom is -0.350 e. The molecule has 0 N–H and O–H groups in total. The molecule has 0 amide bonds. The topological polar surface area (TPSA) is 35.5 Å². The number of carbonyl (C=O) groups is 1. The van der Waals surface area contributed by atoms with E-state index in [-0.39, 0.29) is 11.9 Å². The largest absolute Gasteiger partial charge is 0.350 e. The normalized spacial score (nSPS) is 29.1. The summed E-state index contributed by atoms with van der Waals surface area (Å²) < 4.78 is 11.7. The molecule has 0 aromatic heterocycles. The van der Waals surface area contributed by atoms with Crippen molar-refractivity contribution in [2.24, 2.45) is 0 Å². The average molecular weight is 274 g/mol. The number of hydrogen-bond acceptors (Lipinski definition) is 3. The number of ether oxygens (including phenoxy) is 2. The highest BCUT2D eigenvalue weighted by atomic mass is 16.7. The molecule has 2 aliphatic heterocycles. The molecule has 2 saturated heterocycles. The van der Waals surface area contributed by atoms with Gasteiger partial charge in [-0.05, 0) is 24.8 Å². The number of benzene rings is 1. The van der Waals surface area contributed by atoms with Gasteiger partial charge in [-0.15, -0.1) is 0 Å². The van der Waals surface area contributed by atoms with Gasteiger partial charge >= 0.3 is 0 Å². The Labute approximate surface area is 120 Å². The summed E-state index contributed by atoms with van der Waals surface area (Å²) in [5.41, 5.74) is 1.23. The highest BCUT2D eigenvalue weighted by Crippen LogP contribution is 2.40. The van der Waals surface area contributed by atoms with Crippen LogP contribution in [0.5, 0.6) is 0 Å². The van der Waals surface area contributed by atoms with E-state index in [1.54, 1.807) is 0 Å². The van der Waals surface area contributed by atoms with E-state index in [0.29, 0.717) is 18.6 Å². The van der Waals surface area contributed by atoms with Crippen LogP contribution in [0.4, 0.5) is 0 Å². The van der Waals surface area contributed by atoms with Crippen LogP contribution in [0.15, 0.2) is 30.3 Å². The van der Waals surface area contributed by atoms with Crippen molar-refractivity contribution in [1.82, 2.24) is 0 Å². The summed E-state index contributed by atoms with van der Waals surface area (Å²) in [6.07, 6.45) is 6.01. The summed E-state index contributed by atoms with van der Waals surface area (Å²) in [4.78, 5) is 12.1. The van der Waals surface area contributed by atoms with E-state index in [1.807, 2.05) is 18.2 Å². The van der Waals surface area contributed by atoms with Crippen LogP contribution in [0, 0.1) is 0 Å². The lowest BCUT2D eigenvalue weighted by molar-refractivity contribution is -0.199. The van der Waals surface area contributed by atoms with Crippen LogP contribution in [-0.4, -0.2) is 24.3 Å². The molecule has 0 saturated carbocycles. The van der Waals surface area contributed by atoms with Crippen LogP contribution in [-0.2, 0) is 20.7 Å². The highest BCUT2D eigenvalue weighted by Gasteiger charge is 2.43. The molecule has 1 aromatic rings. The van der Waals surface area contributed by atoms with Crippen LogP contribution < -0.4 is 0 Å². The maximum absolute atomic E-state index is 12.1. The second-order valence-electron chi connectivity index (χ2n) is 5.87. The van der Waals surface area contributed by atoms with Crippen molar-refractivity contribution in [1.29, 1.82) is 0 Å². The van der Waals surface area contributed by atoms with Gasteiger partial charge in [-0.3, -0.25) is 4.79 Å². The van der Waals surface area contributed by atoms with E-state index < -0.39 is 0 Å². The molecule has 0 bridgehead atoms. The number of ketones is 1. The van der Waals surface area contributed by atoms with E-state index in [2.05, 4.69) is 12.1 Å². The van der Waals surface area contributed by atoms with E-state index in [9.17, 15) is 4.79 Å². The first-order chi connectivity index (χ1) is 9.76. The molecule has 3 rings (SSSR count). The molecule has 2 atom stereocenters. The maximum Gasteiger partial charge on any atom is 0.168 e. The number of aryl methyl sites for hydroxylation is 1. The van der Waals surface area contributed by atoms with Crippen LogP contribution >= 0.6 is 0 Å². The Balaban J connectivity index is 1.43. The first-order valence-electron chi connectivity index (χ1n) is 7.63. The van der Waals surface area contributed by atoms with Gasteiger partial charge in [0.25, 0.3) is 0 Å². The molecule has 0 unspecified atom stereocenters. The predicted octanol–water partition coefficient (Wildman–Crippen LogP) is 3.26. The minimum absolute atomic E-state index is 0.0661. The fraction of sp³-hybridized carbons (Fsp3) is 0.588. The van der Waals surface area contributed by atoms with Crippen molar-refractivity contribution in [3.8, 4) is 0 Å². The Hall–Kier alpha value is -1.19. The summed E-state index contributed by atoms with van der Waals surface area (Å²) in [6.45, 7) is 0.800. The number of hydrogen-bond donors (Lipinski definition) is 0. The molecule has 3 heteroatoms. The van der Waals surface area contributed by atoms with Gasteiger partial charge in [-0.25, -0.2) is 0 Å². The van der Waals surface area contributed by atoms with Gasteiger partial charge in [0.05, 0.1) is 12.7 Å². The Morgan fingerprint density at radius 1 is 1.25 bits per heavy atom. The zero-order valence-electron chi connectivity index (χ0n) is 11.8. The van der Waals surface area contributed by atoms with E-state index in [0.717, 1.165) is 38.7 Å². The van der Waals surface area contributed by atoms with E-state index in [4.69, 9.17) is 9.47 Å². The van der Waals surface area contributed by atoms with Gasteiger partial charge in [-0.1, -0.05) is 30.3 Å². The van der Waals surface area contributed by atoms with Crippen molar-refractivity contribution in [2.75, 3.05) is 6.61 Å². The summed E-state index contributed by atoms with van der Waals surface area (Å²) in [7, 11) is 0. The lowest BCUT2D eigenvalue weighted by atomic mass is 10.0. The molecule has 2 aliphatic rings. The Bertz CT molecular complexity index is 449. The van der Waals surface area contributed by atoms with Gasteiger partial charge in [0.1, 0.15) is 5.78 Å². The third-order valence-electron chi connectivity index (χ3n) is 4.29. The van der Waals surface area contributed by atoms with Crippen molar-refractivity contribution < 1.29 is 14.3 Å². The molecule has 2 heterocycles. The molecule has 20 heavy (non-hydrogen) atoms. The standard InChI is InChI=1S/C17H22O3/c18-15(8-7-14-5-2-1-3-6-14)13-16-9-11-17(20-16)10-4-12-19-17/h1-3,5-6,16H,4,7-13H2/t16-,17+/m1/s1. The predicted molar refractivity (Wildman–Crippen MR) is 76.4 cm³/mol. The zero-order valence-corrected chi connectivity index (χ0v) is 11.8. The molecule has 2 fully saturated rings. The number of carbonyl (C=O) groups excluding carboxylic acids is 1. The Morgan fingerprint density at radius 3 is 2.85 bits per heavy atom. The maximum atomic E-state index is 12.1. The smallest absolute Gasteiger partial charge is 0.168 e. The fourth-order valence-electron chi connectivity index (χ4n) is 3.19. The molecule has 1 aromatic carbocycles. The third kappa shape index (κ3) is 3.28. The molecule has 108 valence electrons. The zero-order chi connectivity index (χ0) is 13.8. The third-order valence-corrected chi connectivity index (χ3v) is 4.29. The summed E-state index contributed by atoms with van der Waals surface area (Å²) in [5, 5.41) is 0. The minimum atomic E-state index is -0.343. The van der Waals surface area contributed by atoms with Crippen molar-refractivity contribution in [3.63, 3.8) is 0 Å². The van der Waals surface area contributed by atoms with Crippen molar-refractivity contribution >= 4 is 5.78 Å². The Morgan fingerprint density at radius 2 is 2.10 bits per heavy atom. The molecular formula is C17H22O3. The second-order valence-corrected chi connectivity index (χ2v) is 5.87. The van der Waals surface area contributed by atoms with Gasteiger partial charge in [0.15, 0.2) is 5.79 Å².